The third kappa shape index (κ3) is 1.79. The van der Waals surface area contributed by atoms with Gasteiger partial charge in [0.15, 0.2) is 0 Å². The first kappa shape index (κ1) is 11.0. The van der Waals surface area contributed by atoms with Crippen molar-refractivity contribution in [3.05, 3.63) is 23.3 Å². The summed E-state index contributed by atoms with van der Waals surface area (Å²) in [5, 5.41) is 0. The molecule has 0 aromatic rings. The van der Waals surface area contributed by atoms with Gasteiger partial charge < -0.3 is 0 Å². The standard InChI is InChI=1S/C15H24/c1-11(2)6-5-9-15(4)13-8-7-12(3)14(15)10-13/h6-7,13-14H,5,8-10H2,1-4H3/t13?,14?,15-/m1/s1. The summed E-state index contributed by atoms with van der Waals surface area (Å²) in [6, 6.07) is 0. The molecule has 0 aliphatic heterocycles. The van der Waals surface area contributed by atoms with Gasteiger partial charge in [-0.05, 0) is 63.7 Å². The molecule has 3 atom stereocenters. The number of hydrogen-bond acceptors (Lipinski definition) is 0. The van der Waals surface area contributed by atoms with Crippen LogP contribution in [0, 0.1) is 17.3 Å². The third-order valence-electron chi connectivity index (χ3n) is 4.76. The van der Waals surface area contributed by atoms with E-state index in [1.807, 2.05) is 0 Å². The van der Waals surface area contributed by atoms with E-state index in [2.05, 4.69) is 39.8 Å². The molecule has 2 unspecified atom stereocenters. The molecule has 0 spiro atoms. The van der Waals surface area contributed by atoms with Crippen LogP contribution in [0.15, 0.2) is 23.3 Å². The Balaban J connectivity index is 1.98. The second-order valence-corrected chi connectivity index (χ2v) is 6.00. The molecule has 0 saturated heterocycles. The number of hydrogen-bond donors (Lipinski definition) is 0. The van der Waals surface area contributed by atoms with Gasteiger partial charge in [-0.2, -0.15) is 0 Å². The summed E-state index contributed by atoms with van der Waals surface area (Å²) >= 11 is 0. The molecule has 0 heterocycles. The van der Waals surface area contributed by atoms with Gasteiger partial charge in [0.1, 0.15) is 0 Å². The maximum absolute atomic E-state index is 2.52. The Morgan fingerprint density at radius 1 is 1.53 bits per heavy atom. The summed E-state index contributed by atoms with van der Waals surface area (Å²) in [7, 11) is 0. The second-order valence-electron chi connectivity index (χ2n) is 6.00. The van der Waals surface area contributed by atoms with E-state index in [1.54, 1.807) is 5.57 Å². The summed E-state index contributed by atoms with van der Waals surface area (Å²) in [6.45, 7) is 9.25. The first-order chi connectivity index (χ1) is 7.04. The highest BCUT2D eigenvalue weighted by Crippen LogP contribution is 2.61. The first-order valence-corrected chi connectivity index (χ1v) is 6.34. The molecule has 3 aliphatic rings. The lowest BCUT2D eigenvalue weighted by Gasteiger charge is -2.58. The average molecular weight is 204 g/mol. The lowest BCUT2D eigenvalue weighted by molar-refractivity contribution is -0.0312. The molecule has 15 heavy (non-hydrogen) atoms. The lowest BCUT2D eigenvalue weighted by atomic mass is 9.47. The fourth-order valence-corrected chi connectivity index (χ4v) is 3.54. The lowest BCUT2D eigenvalue weighted by Crippen LogP contribution is -2.49. The quantitative estimate of drug-likeness (QED) is 0.583. The Hall–Kier alpha value is -0.520. The van der Waals surface area contributed by atoms with Crippen LogP contribution in [0.25, 0.3) is 0 Å². The predicted octanol–water partition coefficient (Wildman–Crippen LogP) is 4.73. The smallest absolute Gasteiger partial charge is 0.0146 e. The van der Waals surface area contributed by atoms with Gasteiger partial charge in [0.2, 0.25) is 0 Å². The Kier molecular flexibility index (Phi) is 2.79. The summed E-state index contributed by atoms with van der Waals surface area (Å²) in [5.41, 5.74) is 3.76. The molecule has 0 nitrogen and oxygen atoms in total. The van der Waals surface area contributed by atoms with Crippen LogP contribution < -0.4 is 0 Å². The van der Waals surface area contributed by atoms with Gasteiger partial charge in [-0.15, -0.1) is 0 Å². The van der Waals surface area contributed by atoms with E-state index in [9.17, 15) is 0 Å². The van der Waals surface area contributed by atoms with Gasteiger partial charge in [0.05, 0.1) is 0 Å². The van der Waals surface area contributed by atoms with Crippen LogP contribution in [-0.2, 0) is 0 Å². The minimum Gasteiger partial charge on any atom is -0.0859 e. The largest absolute Gasteiger partial charge is 0.0859 e. The van der Waals surface area contributed by atoms with Crippen molar-refractivity contribution in [3.63, 3.8) is 0 Å². The van der Waals surface area contributed by atoms with Crippen LogP contribution in [-0.4, -0.2) is 0 Å². The van der Waals surface area contributed by atoms with Crippen molar-refractivity contribution >= 4 is 0 Å². The minimum absolute atomic E-state index is 0.630. The normalized spacial score (nSPS) is 38.0. The Morgan fingerprint density at radius 2 is 2.27 bits per heavy atom. The zero-order chi connectivity index (χ0) is 11.1. The molecule has 1 saturated carbocycles. The Bertz CT molecular complexity index is 304. The summed E-state index contributed by atoms with van der Waals surface area (Å²) in [4.78, 5) is 0. The van der Waals surface area contributed by atoms with Gasteiger partial charge in [-0.3, -0.25) is 0 Å². The highest BCUT2D eigenvalue weighted by atomic mass is 14.6. The molecule has 84 valence electrons. The van der Waals surface area contributed by atoms with Crippen molar-refractivity contribution in [3.8, 4) is 0 Å². The summed E-state index contributed by atoms with van der Waals surface area (Å²) < 4.78 is 0. The van der Waals surface area contributed by atoms with Crippen molar-refractivity contribution in [2.45, 2.75) is 53.4 Å². The van der Waals surface area contributed by atoms with Crippen molar-refractivity contribution in [2.24, 2.45) is 17.3 Å². The predicted molar refractivity (Wildman–Crippen MR) is 66.7 cm³/mol. The molecule has 1 fully saturated rings. The van der Waals surface area contributed by atoms with Crippen LogP contribution in [0.1, 0.15) is 53.4 Å². The van der Waals surface area contributed by atoms with Crippen LogP contribution in [0.3, 0.4) is 0 Å². The third-order valence-corrected chi connectivity index (χ3v) is 4.76. The van der Waals surface area contributed by atoms with Gasteiger partial charge in [0.25, 0.3) is 0 Å². The minimum atomic E-state index is 0.630. The van der Waals surface area contributed by atoms with Gasteiger partial charge in [0, 0.05) is 0 Å². The van der Waals surface area contributed by atoms with E-state index >= 15 is 0 Å². The highest BCUT2D eigenvalue weighted by Gasteiger charge is 2.52. The molecular formula is C15H24. The van der Waals surface area contributed by atoms with Crippen LogP contribution in [0.5, 0.6) is 0 Å². The van der Waals surface area contributed by atoms with E-state index in [4.69, 9.17) is 0 Å². The molecule has 0 aromatic heterocycles. The monoisotopic (exact) mass is 204 g/mol. The molecule has 0 radical (unpaired) electrons. The Morgan fingerprint density at radius 3 is 2.80 bits per heavy atom. The molecule has 3 rings (SSSR count). The summed E-state index contributed by atoms with van der Waals surface area (Å²) in [6.07, 6.45) is 10.3. The van der Waals surface area contributed by atoms with Crippen LogP contribution in [0.2, 0.25) is 0 Å². The molecule has 2 bridgehead atoms. The van der Waals surface area contributed by atoms with Crippen LogP contribution in [0.4, 0.5) is 0 Å². The molecular weight excluding hydrogens is 180 g/mol. The van der Waals surface area contributed by atoms with Gasteiger partial charge in [-0.25, -0.2) is 0 Å². The van der Waals surface area contributed by atoms with E-state index < -0.39 is 0 Å². The Labute approximate surface area is 94.5 Å². The molecule has 0 amide bonds. The number of allylic oxidation sites excluding steroid dienone is 4. The van der Waals surface area contributed by atoms with Crippen molar-refractivity contribution in [1.29, 1.82) is 0 Å². The average Bonchev–Trinajstić information content (AvgIpc) is 2.16. The van der Waals surface area contributed by atoms with Gasteiger partial charge in [-0.1, -0.05) is 30.2 Å². The SMILES string of the molecule is CC(C)=CCC[C@]1(C)C2CC=C(C)C1C2. The topological polar surface area (TPSA) is 0 Å². The number of fused-ring (bicyclic) bond motifs is 1. The zero-order valence-corrected chi connectivity index (χ0v) is 10.6. The van der Waals surface area contributed by atoms with E-state index in [0.29, 0.717) is 5.41 Å². The fourth-order valence-electron chi connectivity index (χ4n) is 3.54. The zero-order valence-electron chi connectivity index (χ0n) is 10.6. The van der Waals surface area contributed by atoms with Crippen molar-refractivity contribution < 1.29 is 0 Å². The molecule has 0 heteroatoms. The van der Waals surface area contributed by atoms with Gasteiger partial charge >= 0.3 is 0 Å². The maximum Gasteiger partial charge on any atom is -0.0146 e. The van der Waals surface area contributed by atoms with Crippen molar-refractivity contribution in [2.75, 3.05) is 0 Å². The summed E-state index contributed by atoms with van der Waals surface area (Å²) in [5.74, 6) is 1.89. The van der Waals surface area contributed by atoms with E-state index in [1.165, 1.54) is 31.3 Å². The van der Waals surface area contributed by atoms with E-state index in [-0.39, 0.29) is 0 Å². The van der Waals surface area contributed by atoms with Crippen molar-refractivity contribution in [1.82, 2.24) is 0 Å². The first-order valence-electron chi connectivity index (χ1n) is 6.34. The second kappa shape index (κ2) is 3.81. The highest BCUT2D eigenvalue weighted by molar-refractivity contribution is 5.22. The van der Waals surface area contributed by atoms with E-state index in [0.717, 1.165) is 11.8 Å². The fraction of sp³-hybridized carbons (Fsp3) is 0.733. The van der Waals surface area contributed by atoms with Crippen LogP contribution >= 0.6 is 0 Å². The molecule has 0 N–H and O–H groups in total. The maximum atomic E-state index is 2.52. The molecule has 3 aliphatic carbocycles. The molecule has 0 aromatic carbocycles. The number of rotatable bonds is 3.